The van der Waals surface area contributed by atoms with Gasteiger partial charge in [0.05, 0.1) is 0 Å². The Bertz CT molecular complexity index is 1540. The quantitative estimate of drug-likeness (QED) is 0.397. The van der Waals surface area contributed by atoms with E-state index in [1.807, 2.05) is 18.2 Å². The van der Waals surface area contributed by atoms with Gasteiger partial charge in [0.1, 0.15) is 0 Å². The smallest absolute Gasteiger partial charge is 0.150 e. The zero-order chi connectivity index (χ0) is 17.5. The maximum absolute atomic E-state index is 11.8. The van der Waals surface area contributed by atoms with E-state index in [1.54, 1.807) is 0 Å². The fourth-order valence-corrected chi connectivity index (χ4v) is 4.04. The summed E-state index contributed by atoms with van der Waals surface area (Å²) in [4.78, 5) is 11.8. The number of carbonyl (C=O) groups excluding carboxylic acids is 1. The third kappa shape index (κ3) is 2.07. The third-order valence-corrected chi connectivity index (χ3v) is 5.14. The molecule has 0 heterocycles. The minimum Gasteiger partial charge on any atom is -0.298 e. The number of hydrogen-bond acceptors (Lipinski definition) is 1. The van der Waals surface area contributed by atoms with Gasteiger partial charge in [-0.2, -0.15) is 0 Å². The van der Waals surface area contributed by atoms with Crippen molar-refractivity contribution in [3.8, 4) is 0 Å². The number of aldehydes is 1. The summed E-state index contributed by atoms with van der Waals surface area (Å²) in [6.45, 7) is 0. The Hall–Kier alpha value is -3.45. The van der Waals surface area contributed by atoms with Crippen LogP contribution in [-0.4, -0.2) is 6.29 Å². The van der Waals surface area contributed by atoms with E-state index in [4.69, 9.17) is 0 Å². The molecule has 0 bridgehead atoms. The summed E-state index contributed by atoms with van der Waals surface area (Å²) in [7, 11) is 0. The van der Waals surface area contributed by atoms with Crippen LogP contribution in [0.15, 0.2) is 91.0 Å². The minimum absolute atomic E-state index is 0.726. The molecule has 0 aromatic heterocycles. The molecule has 1 nitrogen and oxygen atoms in total. The first-order valence-electron chi connectivity index (χ1n) is 8.75. The van der Waals surface area contributed by atoms with Crippen LogP contribution in [0.2, 0.25) is 0 Å². The molecule has 1 aliphatic carbocycles. The molecule has 0 radical (unpaired) electrons. The molecule has 0 unspecified atom stereocenters. The first-order valence-corrected chi connectivity index (χ1v) is 8.75. The third-order valence-electron chi connectivity index (χ3n) is 5.14. The van der Waals surface area contributed by atoms with Crippen molar-refractivity contribution in [1.29, 1.82) is 0 Å². The summed E-state index contributed by atoms with van der Waals surface area (Å²) in [5.74, 6) is 0. The Morgan fingerprint density at radius 3 is 1.31 bits per heavy atom. The first-order chi connectivity index (χ1) is 12.9. The molecule has 5 rings (SSSR count). The van der Waals surface area contributed by atoms with Crippen LogP contribution < -0.4 is 0 Å². The molecule has 4 aromatic rings. The molecule has 26 heavy (non-hydrogen) atoms. The highest BCUT2D eigenvalue weighted by Crippen LogP contribution is 2.14. The Labute approximate surface area is 149 Å². The van der Waals surface area contributed by atoms with Gasteiger partial charge in [0, 0.05) is 10.8 Å². The average Bonchev–Trinajstić information content (AvgIpc) is 2.72. The molecule has 4 aromatic carbocycles. The van der Waals surface area contributed by atoms with Crippen molar-refractivity contribution in [2.45, 2.75) is 0 Å². The van der Waals surface area contributed by atoms with Crippen molar-refractivity contribution in [3.63, 3.8) is 0 Å². The summed E-state index contributed by atoms with van der Waals surface area (Å²) in [6.07, 6.45) is 0.964. The average molecular weight is 332 g/mol. The molecule has 0 amide bonds. The Balaban J connectivity index is 2.48. The topological polar surface area (TPSA) is 17.1 Å². The second-order valence-corrected chi connectivity index (χ2v) is 6.52. The summed E-state index contributed by atoms with van der Waals surface area (Å²) >= 11 is 0. The number of benzene rings is 4. The standard InChI is InChI=1S/C25H16O/c26-16-17-8-7-15-24-22-12-4-3-11-20(22)18-9-1-2-10-19(18)21-13-5-6-14-23(21)25(17)24/h1-16H/b20-18-,21-19-,24-22-,25-23-. The number of rotatable bonds is 1. The van der Waals surface area contributed by atoms with Gasteiger partial charge >= 0.3 is 0 Å². The Morgan fingerprint density at radius 1 is 0.423 bits per heavy atom. The molecule has 0 aliphatic heterocycles. The van der Waals surface area contributed by atoms with Crippen LogP contribution >= 0.6 is 0 Å². The highest BCUT2D eigenvalue weighted by molar-refractivity contribution is 5.75. The number of fused-ring (bicyclic) bond motifs is 4. The minimum atomic E-state index is 0.726. The summed E-state index contributed by atoms with van der Waals surface area (Å²) < 4.78 is 0. The van der Waals surface area contributed by atoms with Crippen molar-refractivity contribution in [3.05, 3.63) is 138 Å². The van der Waals surface area contributed by atoms with Crippen LogP contribution in [0.3, 0.4) is 0 Å². The van der Waals surface area contributed by atoms with E-state index in [0.717, 1.165) is 37.9 Å². The van der Waals surface area contributed by atoms with Gasteiger partial charge in [0.25, 0.3) is 0 Å². The SMILES string of the molecule is O=Cc1cccc2/c1=c1/cccc/c1=c1\cccc\c1=c1/cccc/c1=2. The molecular formula is C25H16O. The zero-order valence-corrected chi connectivity index (χ0v) is 14.1. The Morgan fingerprint density at radius 2 is 0.808 bits per heavy atom. The monoisotopic (exact) mass is 332 g/mol. The van der Waals surface area contributed by atoms with E-state index in [-0.39, 0.29) is 0 Å². The summed E-state index contributed by atoms with van der Waals surface area (Å²) in [6, 6.07) is 31.3. The maximum atomic E-state index is 11.8. The highest BCUT2D eigenvalue weighted by Gasteiger charge is 2.03. The molecule has 0 atom stereocenters. The fraction of sp³-hybridized carbons (Fsp3) is 0. The lowest BCUT2D eigenvalue weighted by Crippen LogP contribution is -1.93. The van der Waals surface area contributed by atoms with Crippen molar-refractivity contribution in [2.75, 3.05) is 0 Å². The maximum Gasteiger partial charge on any atom is 0.150 e. The zero-order valence-electron chi connectivity index (χ0n) is 14.1. The van der Waals surface area contributed by atoms with Crippen LogP contribution in [0, 0.1) is 41.7 Å². The predicted molar refractivity (Wildman–Crippen MR) is 102 cm³/mol. The van der Waals surface area contributed by atoms with Crippen LogP contribution in [0.5, 0.6) is 0 Å². The number of hydrogen-bond donors (Lipinski definition) is 0. The van der Waals surface area contributed by atoms with Gasteiger partial charge in [-0.1, -0.05) is 91.0 Å². The highest BCUT2D eigenvalue weighted by atomic mass is 16.1. The van der Waals surface area contributed by atoms with Gasteiger partial charge in [-0.05, 0) is 36.5 Å². The van der Waals surface area contributed by atoms with Gasteiger partial charge in [0.2, 0.25) is 0 Å². The largest absolute Gasteiger partial charge is 0.298 e. The lowest BCUT2D eigenvalue weighted by Gasteiger charge is -2.03. The summed E-state index contributed by atoms with van der Waals surface area (Å²) in [5, 5.41) is 9.15. The van der Waals surface area contributed by atoms with Crippen LogP contribution in [0.1, 0.15) is 10.4 Å². The molecule has 1 heteroatoms. The lowest BCUT2D eigenvalue weighted by molar-refractivity contribution is 0.112. The van der Waals surface area contributed by atoms with E-state index in [9.17, 15) is 4.79 Å². The normalized spacial score (nSPS) is 16.8. The molecule has 0 N–H and O–H groups in total. The van der Waals surface area contributed by atoms with E-state index in [2.05, 4.69) is 72.8 Å². The van der Waals surface area contributed by atoms with Gasteiger partial charge < -0.3 is 0 Å². The van der Waals surface area contributed by atoms with Gasteiger partial charge in [-0.15, -0.1) is 0 Å². The van der Waals surface area contributed by atoms with Crippen molar-refractivity contribution < 1.29 is 4.79 Å². The number of carbonyl (C=O) groups is 1. The molecule has 0 saturated carbocycles. The molecular weight excluding hydrogens is 316 g/mol. The van der Waals surface area contributed by atoms with E-state index in [1.165, 1.54) is 15.7 Å². The fourth-order valence-electron chi connectivity index (χ4n) is 4.04. The van der Waals surface area contributed by atoms with Crippen LogP contribution in [0.4, 0.5) is 0 Å². The molecule has 1 aliphatic rings. The van der Waals surface area contributed by atoms with Crippen LogP contribution in [0.25, 0.3) is 0 Å². The molecule has 0 spiro atoms. The van der Waals surface area contributed by atoms with Gasteiger partial charge in [-0.25, -0.2) is 0 Å². The van der Waals surface area contributed by atoms with Crippen LogP contribution in [-0.2, 0) is 0 Å². The van der Waals surface area contributed by atoms with Gasteiger partial charge in [0.15, 0.2) is 6.29 Å². The van der Waals surface area contributed by atoms with Gasteiger partial charge in [-0.3, -0.25) is 4.79 Å². The van der Waals surface area contributed by atoms with Crippen molar-refractivity contribution in [2.24, 2.45) is 0 Å². The molecule has 122 valence electrons. The second kappa shape index (κ2) is 5.82. The van der Waals surface area contributed by atoms with E-state index in [0.29, 0.717) is 0 Å². The predicted octanol–water partition coefficient (Wildman–Crippen LogP) is 4.96. The lowest BCUT2D eigenvalue weighted by atomic mass is 10.00. The Kier molecular flexibility index (Phi) is 3.32. The summed E-state index contributed by atoms with van der Waals surface area (Å²) in [5.41, 5.74) is 0.726. The molecule has 0 saturated heterocycles. The molecule has 0 fully saturated rings. The van der Waals surface area contributed by atoms with E-state index >= 15 is 0 Å². The van der Waals surface area contributed by atoms with Crippen molar-refractivity contribution in [1.82, 2.24) is 0 Å². The second-order valence-electron chi connectivity index (χ2n) is 6.52. The van der Waals surface area contributed by atoms with Crippen molar-refractivity contribution >= 4 is 6.29 Å². The first kappa shape index (κ1) is 14.9. The van der Waals surface area contributed by atoms with E-state index < -0.39 is 0 Å².